The van der Waals surface area contributed by atoms with Gasteiger partial charge in [-0.2, -0.15) is 0 Å². The van der Waals surface area contributed by atoms with Gasteiger partial charge < -0.3 is 14.7 Å². The lowest BCUT2D eigenvalue weighted by Gasteiger charge is -2.21. The first-order chi connectivity index (χ1) is 9.04. The number of hydrogen-bond acceptors (Lipinski definition) is 3. The molecular formula is C14H19NO4. The maximum absolute atomic E-state index is 11.9. The number of ether oxygens (including phenoxy) is 1. The van der Waals surface area contributed by atoms with E-state index in [0.29, 0.717) is 13.1 Å². The van der Waals surface area contributed by atoms with E-state index < -0.39 is 12.1 Å². The number of carbonyl (C=O) groups is 2. The third kappa shape index (κ3) is 5.09. The largest absolute Gasteiger partial charge is 0.479 e. The van der Waals surface area contributed by atoms with Crippen LogP contribution in [0.3, 0.4) is 0 Å². The Hall–Kier alpha value is -1.88. The fraction of sp³-hybridized carbons (Fsp3) is 0.429. The highest BCUT2D eigenvalue weighted by atomic mass is 16.5. The van der Waals surface area contributed by atoms with Gasteiger partial charge in [-0.15, -0.1) is 0 Å². The second-order valence-electron chi connectivity index (χ2n) is 4.18. The van der Waals surface area contributed by atoms with Crippen molar-refractivity contribution in [2.45, 2.75) is 26.5 Å². The first-order valence-electron chi connectivity index (χ1n) is 6.20. The van der Waals surface area contributed by atoms with Crippen LogP contribution in [-0.2, 0) is 20.9 Å². The van der Waals surface area contributed by atoms with Gasteiger partial charge in [-0.25, -0.2) is 4.79 Å². The molecule has 5 nitrogen and oxygen atoms in total. The van der Waals surface area contributed by atoms with Gasteiger partial charge in [0.1, 0.15) is 6.61 Å². The van der Waals surface area contributed by atoms with Crippen molar-refractivity contribution in [1.29, 1.82) is 0 Å². The number of aliphatic carboxylic acids is 1. The van der Waals surface area contributed by atoms with Crippen LogP contribution in [0.15, 0.2) is 30.3 Å². The fourth-order valence-electron chi connectivity index (χ4n) is 1.54. The predicted octanol–water partition coefficient (Wildman–Crippen LogP) is 1.52. The molecular weight excluding hydrogens is 246 g/mol. The van der Waals surface area contributed by atoms with E-state index in [1.165, 1.54) is 6.92 Å². The van der Waals surface area contributed by atoms with E-state index in [2.05, 4.69) is 0 Å². The van der Waals surface area contributed by atoms with Gasteiger partial charge in [0.25, 0.3) is 0 Å². The lowest BCUT2D eigenvalue weighted by Crippen LogP contribution is -2.35. The molecule has 0 aliphatic heterocycles. The Balaban J connectivity index is 2.50. The maximum atomic E-state index is 11.9. The van der Waals surface area contributed by atoms with Crippen molar-refractivity contribution in [3.63, 3.8) is 0 Å². The molecule has 0 unspecified atom stereocenters. The maximum Gasteiger partial charge on any atom is 0.332 e. The van der Waals surface area contributed by atoms with Crippen molar-refractivity contribution in [3.05, 3.63) is 35.9 Å². The summed E-state index contributed by atoms with van der Waals surface area (Å²) in [7, 11) is 0. The Morgan fingerprint density at radius 2 is 1.95 bits per heavy atom. The Morgan fingerprint density at radius 3 is 2.47 bits per heavy atom. The van der Waals surface area contributed by atoms with E-state index in [-0.39, 0.29) is 12.5 Å². The molecule has 0 aliphatic rings. The minimum Gasteiger partial charge on any atom is -0.479 e. The summed E-state index contributed by atoms with van der Waals surface area (Å²) in [5.41, 5.74) is 1.03. The van der Waals surface area contributed by atoms with E-state index in [1.807, 2.05) is 37.3 Å². The summed E-state index contributed by atoms with van der Waals surface area (Å²) in [5.74, 6) is -1.28. The van der Waals surface area contributed by atoms with Gasteiger partial charge in [-0.1, -0.05) is 30.3 Å². The highest BCUT2D eigenvalue weighted by molar-refractivity contribution is 5.78. The molecule has 1 aromatic carbocycles. The third-order valence-electron chi connectivity index (χ3n) is 2.76. The van der Waals surface area contributed by atoms with Gasteiger partial charge in [0.05, 0.1) is 0 Å². The van der Waals surface area contributed by atoms with Gasteiger partial charge >= 0.3 is 5.97 Å². The zero-order valence-corrected chi connectivity index (χ0v) is 11.2. The molecule has 0 bridgehead atoms. The molecule has 1 aromatic rings. The van der Waals surface area contributed by atoms with Crippen LogP contribution < -0.4 is 0 Å². The molecule has 1 atom stereocenters. The van der Waals surface area contributed by atoms with Crippen molar-refractivity contribution in [2.24, 2.45) is 0 Å². The van der Waals surface area contributed by atoms with Crippen molar-refractivity contribution in [3.8, 4) is 0 Å². The van der Waals surface area contributed by atoms with Crippen LogP contribution in [0, 0.1) is 0 Å². The molecule has 0 heterocycles. The standard InChI is InChI=1S/C14H19NO4/c1-3-15(9-12-7-5-4-6-8-12)13(16)10-19-11(2)14(17)18/h4-8,11H,3,9-10H2,1-2H3,(H,17,18)/t11-/m0/s1. The summed E-state index contributed by atoms with van der Waals surface area (Å²) in [6.45, 7) is 4.12. The number of carboxylic acids is 1. The topological polar surface area (TPSA) is 66.8 Å². The molecule has 5 heteroatoms. The summed E-state index contributed by atoms with van der Waals surface area (Å²) in [5, 5.41) is 8.68. The number of likely N-dealkylation sites (N-methyl/N-ethyl adjacent to an activating group) is 1. The van der Waals surface area contributed by atoms with Crippen LogP contribution in [0.2, 0.25) is 0 Å². The molecule has 0 spiro atoms. The molecule has 0 fully saturated rings. The number of rotatable bonds is 7. The lowest BCUT2D eigenvalue weighted by molar-refractivity contribution is -0.153. The molecule has 0 aliphatic carbocycles. The van der Waals surface area contributed by atoms with Crippen molar-refractivity contribution in [2.75, 3.05) is 13.2 Å². The van der Waals surface area contributed by atoms with E-state index in [4.69, 9.17) is 9.84 Å². The molecule has 0 radical (unpaired) electrons. The molecule has 0 saturated heterocycles. The number of carbonyl (C=O) groups excluding carboxylic acids is 1. The molecule has 1 rings (SSSR count). The summed E-state index contributed by atoms with van der Waals surface area (Å²) in [6.07, 6.45) is -0.973. The molecule has 1 amide bonds. The zero-order chi connectivity index (χ0) is 14.3. The average molecular weight is 265 g/mol. The average Bonchev–Trinajstić information content (AvgIpc) is 2.42. The van der Waals surface area contributed by atoms with Crippen LogP contribution in [0.4, 0.5) is 0 Å². The number of carboxylic acid groups (broad SMARTS) is 1. The number of nitrogens with zero attached hydrogens (tertiary/aromatic N) is 1. The van der Waals surface area contributed by atoms with Crippen molar-refractivity contribution in [1.82, 2.24) is 4.90 Å². The van der Waals surface area contributed by atoms with Gasteiger partial charge in [0.2, 0.25) is 5.91 Å². The number of benzene rings is 1. The van der Waals surface area contributed by atoms with Gasteiger partial charge in [-0.3, -0.25) is 4.79 Å². The van der Waals surface area contributed by atoms with Gasteiger partial charge in [-0.05, 0) is 19.4 Å². The Morgan fingerprint density at radius 1 is 1.32 bits per heavy atom. The van der Waals surface area contributed by atoms with E-state index >= 15 is 0 Å². The SMILES string of the molecule is CCN(Cc1ccccc1)C(=O)CO[C@@H](C)C(=O)O. The van der Waals surface area contributed by atoms with Crippen LogP contribution in [-0.4, -0.2) is 41.1 Å². The number of hydrogen-bond donors (Lipinski definition) is 1. The first kappa shape index (κ1) is 15.2. The molecule has 0 aromatic heterocycles. The van der Waals surface area contributed by atoms with Crippen molar-refractivity contribution < 1.29 is 19.4 Å². The minimum absolute atomic E-state index is 0.209. The fourth-order valence-corrected chi connectivity index (χ4v) is 1.54. The second-order valence-corrected chi connectivity index (χ2v) is 4.18. The normalized spacial score (nSPS) is 11.9. The highest BCUT2D eigenvalue weighted by Gasteiger charge is 2.17. The Kier molecular flexibility index (Phi) is 6.02. The van der Waals surface area contributed by atoms with Crippen LogP contribution in [0.1, 0.15) is 19.4 Å². The molecule has 1 N–H and O–H groups in total. The van der Waals surface area contributed by atoms with Crippen LogP contribution in [0.5, 0.6) is 0 Å². The van der Waals surface area contributed by atoms with E-state index in [0.717, 1.165) is 5.56 Å². The van der Waals surface area contributed by atoms with Crippen molar-refractivity contribution >= 4 is 11.9 Å². The summed E-state index contributed by atoms with van der Waals surface area (Å²) >= 11 is 0. The predicted molar refractivity (Wildman–Crippen MR) is 70.6 cm³/mol. The quantitative estimate of drug-likeness (QED) is 0.811. The number of amides is 1. The summed E-state index contributed by atoms with van der Waals surface area (Å²) < 4.78 is 4.99. The third-order valence-corrected chi connectivity index (χ3v) is 2.76. The zero-order valence-electron chi connectivity index (χ0n) is 11.2. The Labute approximate surface area is 112 Å². The van der Waals surface area contributed by atoms with Crippen LogP contribution in [0.25, 0.3) is 0 Å². The molecule has 104 valence electrons. The highest BCUT2D eigenvalue weighted by Crippen LogP contribution is 2.05. The summed E-state index contributed by atoms with van der Waals surface area (Å²) in [4.78, 5) is 24.1. The lowest BCUT2D eigenvalue weighted by atomic mass is 10.2. The first-order valence-corrected chi connectivity index (χ1v) is 6.20. The molecule has 0 saturated carbocycles. The van der Waals surface area contributed by atoms with Gasteiger partial charge in [0.15, 0.2) is 6.10 Å². The minimum atomic E-state index is -1.07. The van der Waals surface area contributed by atoms with Crippen LogP contribution >= 0.6 is 0 Å². The van der Waals surface area contributed by atoms with E-state index in [1.54, 1.807) is 4.90 Å². The van der Waals surface area contributed by atoms with E-state index in [9.17, 15) is 9.59 Å². The summed E-state index contributed by atoms with van der Waals surface area (Å²) in [6, 6.07) is 9.62. The monoisotopic (exact) mass is 265 g/mol. The second kappa shape index (κ2) is 7.53. The molecule has 19 heavy (non-hydrogen) atoms. The van der Waals surface area contributed by atoms with Gasteiger partial charge in [0, 0.05) is 13.1 Å². The smallest absolute Gasteiger partial charge is 0.332 e. The Bertz CT molecular complexity index is 419.